The Hall–Kier alpha value is -4.63. The van der Waals surface area contributed by atoms with Crippen molar-refractivity contribution in [3.8, 4) is 5.75 Å². The molecular weight excluding hydrogens is 544 g/mol. The van der Waals surface area contributed by atoms with Crippen LogP contribution in [-0.2, 0) is 16.0 Å². The van der Waals surface area contributed by atoms with Gasteiger partial charge in [0.2, 0.25) is 0 Å². The first-order valence-electron chi connectivity index (χ1n) is 14.9. The van der Waals surface area contributed by atoms with E-state index in [1.807, 2.05) is 48.5 Å². The van der Waals surface area contributed by atoms with E-state index in [2.05, 4.69) is 17.2 Å². The Bertz CT molecular complexity index is 1650. The van der Waals surface area contributed by atoms with E-state index < -0.39 is 18.1 Å². The summed E-state index contributed by atoms with van der Waals surface area (Å²) in [6, 6.07) is 20.6. The summed E-state index contributed by atoms with van der Waals surface area (Å²) in [5.74, 6) is 0.0208. The van der Waals surface area contributed by atoms with Crippen LogP contribution in [0.15, 0.2) is 72.8 Å². The van der Waals surface area contributed by atoms with Gasteiger partial charge in [-0.1, -0.05) is 55.8 Å². The topological polar surface area (TPSA) is 104 Å². The number of hydrogen-bond acceptors (Lipinski definition) is 5. The number of H-pyrrole nitrogens is 1. The third-order valence-corrected chi connectivity index (χ3v) is 8.26. The van der Waals surface area contributed by atoms with Crippen LogP contribution in [0.1, 0.15) is 59.4 Å². The average Bonchev–Trinajstić information content (AvgIpc) is 3.53. The second kappa shape index (κ2) is 12.3. The van der Waals surface area contributed by atoms with E-state index in [0.717, 1.165) is 40.6 Å². The molecule has 2 aliphatic rings. The molecule has 0 saturated carbocycles. The van der Waals surface area contributed by atoms with Crippen molar-refractivity contribution in [2.75, 3.05) is 31.8 Å². The van der Waals surface area contributed by atoms with Gasteiger partial charge in [0, 0.05) is 42.8 Å². The second-order valence-electron chi connectivity index (χ2n) is 10.9. The molecule has 2 aliphatic heterocycles. The van der Waals surface area contributed by atoms with Crippen molar-refractivity contribution < 1.29 is 23.9 Å². The van der Waals surface area contributed by atoms with E-state index in [-0.39, 0.29) is 23.1 Å². The van der Waals surface area contributed by atoms with Gasteiger partial charge in [-0.25, -0.2) is 9.69 Å². The summed E-state index contributed by atoms with van der Waals surface area (Å²) >= 11 is 0. The highest BCUT2D eigenvalue weighted by molar-refractivity contribution is 6.24. The number of imide groups is 1. The zero-order chi connectivity index (χ0) is 29.9. The Morgan fingerprint density at radius 2 is 1.72 bits per heavy atom. The van der Waals surface area contributed by atoms with Crippen molar-refractivity contribution >= 4 is 34.4 Å². The molecule has 2 N–H and O–H groups in total. The molecular formula is C34H36N4O5. The van der Waals surface area contributed by atoms with E-state index in [4.69, 9.17) is 9.47 Å². The Balaban J connectivity index is 1.32. The zero-order valence-corrected chi connectivity index (χ0v) is 24.5. The number of rotatable bonds is 11. The largest absolute Gasteiger partial charge is 0.497 e. The van der Waals surface area contributed by atoms with E-state index in [1.54, 1.807) is 36.3 Å². The van der Waals surface area contributed by atoms with Crippen molar-refractivity contribution in [2.45, 2.75) is 44.7 Å². The van der Waals surface area contributed by atoms with Crippen LogP contribution in [-0.4, -0.2) is 60.6 Å². The minimum atomic E-state index is -0.720. The lowest BCUT2D eigenvalue weighted by Gasteiger charge is -2.36. The molecule has 4 aromatic rings. The van der Waals surface area contributed by atoms with Crippen molar-refractivity contribution in [2.24, 2.45) is 0 Å². The minimum absolute atomic E-state index is 0.279. The lowest BCUT2D eigenvalue weighted by Crippen LogP contribution is -2.44. The number of nitrogens with zero attached hydrogens (tertiary/aromatic N) is 2. The maximum atomic E-state index is 14.3. The fourth-order valence-electron chi connectivity index (χ4n) is 6.11. The number of aromatic nitrogens is 1. The average molecular weight is 581 g/mol. The number of aromatic amines is 1. The van der Waals surface area contributed by atoms with E-state index in [1.165, 1.54) is 4.90 Å². The SMILES string of the molecule is CCCCOCCCNC(=O)c1ccccc1N1C(=O)C2Cc3c([nH]c4ccccc34)C(c3ccc(OC)cc3)N2C1=O. The number of hydrogen-bond donors (Lipinski definition) is 2. The van der Waals surface area contributed by atoms with Crippen LogP contribution in [0.5, 0.6) is 5.75 Å². The van der Waals surface area contributed by atoms with Gasteiger partial charge in [0.1, 0.15) is 17.8 Å². The van der Waals surface area contributed by atoms with Crippen LogP contribution in [0.3, 0.4) is 0 Å². The van der Waals surface area contributed by atoms with Crippen LogP contribution >= 0.6 is 0 Å². The predicted molar refractivity (Wildman–Crippen MR) is 164 cm³/mol. The Morgan fingerprint density at radius 3 is 2.51 bits per heavy atom. The maximum absolute atomic E-state index is 14.3. The molecule has 4 amide bonds. The second-order valence-corrected chi connectivity index (χ2v) is 10.9. The van der Waals surface area contributed by atoms with Gasteiger partial charge in [-0.3, -0.25) is 14.5 Å². The lowest BCUT2D eigenvalue weighted by molar-refractivity contribution is -0.120. The molecule has 9 nitrogen and oxygen atoms in total. The summed E-state index contributed by atoms with van der Waals surface area (Å²) in [6.07, 6.45) is 3.13. The van der Waals surface area contributed by atoms with Crippen molar-refractivity contribution in [3.05, 3.63) is 95.2 Å². The number of urea groups is 1. The molecule has 0 bridgehead atoms. The van der Waals surface area contributed by atoms with Crippen molar-refractivity contribution in [3.63, 3.8) is 0 Å². The molecule has 0 spiro atoms. The molecule has 1 fully saturated rings. The highest BCUT2D eigenvalue weighted by Crippen LogP contribution is 2.45. The number of carbonyl (C=O) groups is 3. The molecule has 3 heterocycles. The molecule has 6 rings (SSSR count). The Kier molecular flexibility index (Phi) is 8.16. The molecule has 222 valence electrons. The van der Waals surface area contributed by atoms with Crippen LogP contribution in [0, 0.1) is 0 Å². The first kappa shape index (κ1) is 28.5. The molecule has 0 aliphatic carbocycles. The van der Waals surface area contributed by atoms with Gasteiger partial charge in [0.15, 0.2) is 0 Å². The van der Waals surface area contributed by atoms with Crippen LogP contribution in [0.4, 0.5) is 10.5 Å². The maximum Gasteiger partial charge on any atom is 0.332 e. The molecule has 2 unspecified atom stereocenters. The van der Waals surface area contributed by atoms with Crippen LogP contribution in [0.25, 0.3) is 10.9 Å². The highest BCUT2D eigenvalue weighted by Gasteiger charge is 2.53. The van der Waals surface area contributed by atoms with Gasteiger partial charge in [0.05, 0.1) is 18.4 Å². The zero-order valence-electron chi connectivity index (χ0n) is 24.5. The fraction of sp³-hybridized carbons (Fsp3) is 0.324. The number of nitrogens with one attached hydrogen (secondary N) is 2. The summed E-state index contributed by atoms with van der Waals surface area (Å²) in [4.78, 5) is 48.1. The van der Waals surface area contributed by atoms with Crippen molar-refractivity contribution in [1.29, 1.82) is 0 Å². The van der Waals surface area contributed by atoms with Crippen LogP contribution in [0.2, 0.25) is 0 Å². The molecule has 43 heavy (non-hydrogen) atoms. The molecule has 0 radical (unpaired) electrons. The lowest BCUT2D eigenvalue weighted by atomic mass is 9.89. The first-order chi connectivity index (χ1) is 21.0. The van der Waals surface area contributed by atoms with E-state index >= 15 is 0 Å². The quantitative estimate of drug-likeness (QED) is 0.178. The first-order valence-corrected chi connectivity index (χ1v) is 14.9. The van der Waals surface area contributed by atoms with Gasteiger partial charge in [0.25, 0.3) is 11.8 Å². The fourth-order valence-corrected chi connectivity index (χ4v) is 6.11. The standard InChI is InChI=1S/C34H36N4O5/c1-3-4-19-43-20-9-18-35-32(39)25-11-6-8-13-28(25)38-33(40)29-21-26-24-10-5-7-12-27(24)36-30(26)31(37(29)34(38)41)22-14-16-23(42-2)17-15-22/h5-8,10-17,29,31,36H,3-4,9,18-21H2,1-2H3,(H,35,39). The Morgan fingerprint density at radius 1 is 0.977 bits per heavy atom. The summed E-state index contributed by atoms with van der Waals surface area (Å²) in [6.45, 7) is 3.81. The predicted octanol–water partition coefficient (Wildman–Crippen LogP) is 5.60. The molecule has 1 aromatic heterocycles. The number of amides is 4. The van der Waals surface area contributed by atoms with Crippen molar-refractivity contribution in [1.82, 2.24) is 15.2 Å². The van der Waals surface area contributed by atoms with Crippen LogP contribution < -0.4 is 15.0 Å². The summed E-state index contributed by atoms with van der Waals surface area (Å²) in [5.41, 5.74) is 4.28. The number of methoxy groups -OCH3 is 1. The van der Waals surface area contributed by atoms with Gasteiger partial charge in [-0.15, -0.1) is 0 Å². The van der Waals surface area contributed by atoms with E-state index in [0.29, 0.717) is 38.3 Å². The summed E-state index contributed by atoms with van der Waals surface area (Å²) < 4.78 is 11.0. The number of fused-ring (bicyclic) bond motifs is 4. The number of benzene rings is 3. The number of anilines is 1. The monoisotopic (exact) mass is 580 g/mol. The van der Waals surface area contributed by atoms with E-state index in [9.17, 15) is 14.4 Å². The summed E-state index contributed by atoms with van der Waals surface area (Å²) in [7, 11) is 1.61. The smallest absolute Gasteiger partial charge is 0.332 e. The molecule has 1 saturated heterocycles. The molecule has 2 atom stereocenters. The van der Waals surface area contributed by atoms with Gasteiger partial charge in [-0.2, -0.15) is 0 Å². The highest BCUT2D eigenvalue weighted by atomic mass is 16.5. The minimum Gasteiger partial charge on any atom is -0.497 e. The normalized spacial score (nSPS) is 17.7. The summed E-state index contributed by atoms with van der Waals surface area (Å²) in [5, 5.41) is 3.96. The Labute approximate surface area is 250 Å². The third kappa shape index (κ3) is 5.25. The third-order valence-electron chi connectivity index (χ3n) is 8.26. The van der Waals surface area contributed by atoms with Gasteiger partial charge < -0.3 is 19.8 Å². The number of ether oxygens (including phenoxy) is 2. The van der Waals surface area contributed by atoms with Gasteiger partial charge in [-0.05, 0) is 54.3 Å². The van der Waals surface area contributed by atoms with Gasteiger partial charge >= 0.3 is 6.03 Å². The molecule has 9 heteroatoms. The number of para-hydroxylation sites is 2. The number of carbonyl (C=O) groups excluding carboxylic acids is 3. The number of unbranched alkanes of at least 4 members (excludes halogenated alkanes) is 1. The molecule has 3 aromatic carbocycles.